The van der Waals surface area contributed by atoms with Gasteiger partial charge in [-0.2, -0.15) is 9.61 Å². The van der Waals surface area contributed by atoms with Gasteiger partial charge in [0.15, 0.2) is 5.01 Å². The van der Waals surface area contributed by atoms with Crippen molar-refractivity contribution < 1.29 is 9.53 Å². The van der Waals surface area contributed by atoms with E-state index in [1.54, 1.807) is 13.0 Å². The molecule has 0 saturated heterocycles. The fourth-order valence-electron chi connectivity index (χ4n) is 1.97. The number of aromatic nitrogens is 3. The van der Waals surface area contributed by atoms with Crippen LogP contribution < -0.4 is 5.56 Å². The summed E-state index contributed by atoms with van der Waals surface area (Å²) < 4.78 is 7.28. The van der Waals surface area contributed by atoms with Gasteiger partial charge in [-0.3, -0.25) is 4.79 Å². The zero-order chi connectivity index (χ0) is 17.1. The van der Waals surface area contributed by atoms with Crippen LogP contribution in [-0.4, -0.2) is 20.6 Å². The number of ether oxygens (including phenoxy) is 1. The van der Waals surface area contributed by atoms with Crippen LogP contribution in [0.25, 0.3) is 11.0 Å². The highest BCUT2D eigenvalue weighted by molar-refractivity contribution is 9.10. The summed E-state index contributed by atoms with van der Waals surface area (Å²) in [6.07, 6.45) is 3.02. The molecule has 2 aromatic heterocycles. The maximum absolute atomic E-state index is 11.8. The van der Waals surface area contributed by atoms with Crippen molar-refractivity contribution in [3.63, 3.8) is 0 Å². The molecule has 0 N–H and O–H groups in total. The molecule has 24 heavy (non-hydrogen) atoms. The zero-order valence-corrected chi connectivity index (χ0v) is 15.0. The van der Waals surface area contributed by atoms with E-state index < -0.39 is 5.97 Å². The number of carbonyl (C=O) groups excluding carboxylic acids is 1. The molecule has 0 radical (unpaired) electrons. The fourth-order valence-corrected chi connectivity index (χ4v) is 3.25. The van der Waals surface area contributed by atoms with Crippen LogP contribution in [0.3, 0.4) is 0 Å². The molecule has 1 aromatic carbocycles. The smallest absolute Gasteiger partial charge is 0.331 e. The molecule has 0 aliphatic heterocycles. The third-order valence-corrected chi connectivity index (χ3v) is 4.39. The Bertz CT molecular complexity index is 994. The topological polar surface area (TPSA) is 73.6 Å². The Morgan fingerprint density at radius 3 is 3.04 bits per heavy atom. The van der Waals surface area contributed by atoms with E-state index in [2.05, 4.69) is 26.0 Å². The number of halogens is 1. The minimum Gasteiger partial charge on any atom is -0.455 e. The van der Waals surface area contributed by atoms with Gasteiger partial charge in [-0.1, -0.05) is 39.4 Å². The van der Waals surface area contributed by atoms with Crippen LogP contribution in [0.1, 0.15) is 16.3 Å². The second-order valence-corrected chi connectivity index (χ2v) is 6.88. The van der Waals surface area contributed by atoms with Crippen LogP contribution >= 0.6 is 27.3 Å². The normalized spacial score (nSPS) is 11.2. The summed E-state index contributed by atoms with van der Waals surface area (Å²) in [4.78, 5) is 28.3. The van der Waals surface area contributed by atoms with Crippen LogP contribution in [0.15, 0.2) is 45.7 Å². The molecule has 3 aromatic rings. The molecular weight excluding hydrogens is 394 g/mol. The first-order valence-corrected chi connectivity index (χ1v) is 8.59. The van der Waals surface area contributed by atoms with Gasteiger partial charge in [0.1, 0.15) is 6.61 Å². The highest BCUT2D eigenvalue weighted by atomic mass is 79.9. The number of esters is 1. The number of hydrogen-bond donors (Lipinski definition) is 0. The molecule has 0 bridgehead atoms. The second kappa shape index (κ2) is 7.06. The Morgan fingerprint density at radius 2 is 2.25 bits per heavy atom. The Balaban J connectivity index is 1.66. The van der Waals surface area contributed by atoms with Crippen LogP contribution in [0, 0.1) is 6.92 Å². The number of rotatable bonds is 4. The summed E-state index contributed by atoms with van der Waals surface area (Å²) in [5.74, 6) is -0.481. The van der Waals surface area contributed by atoms with Gasteiger partial charge in [-0.05, 0) is 30.7 Å². The lowest BCUT2D eigenvalue weighted by atomic mass is 10.2. The summed E-state index contributed by atoms with van der Waals surface area (Å²) in [6.45, 7) is 1.74. The van der Waals surface area contributed by atoms with E-state index in [0.717, 1.165) is 10.0 Å². The zero-order valence-electron chi connectivity index (χ0n) is 12.6. The molecule has 0 amide bonds. The highest BCUT2D eigenvalue weighted by Gasteiger charge is 2.09. The standard InChI is InChI=1S/C16H12BrN3O3S/c1-10-7-14(21)20-16(18-10)24-13(19-20)9-23-15(22)6-5-11-3-2-4-12(17)8-11/h2-8H,9H2,1H3/b6-5+. The van der Waals surface area contributed by atoms with Gasteiger partial charge in [0.2, 0.25) is 4.96 Å². The lowest BCUT2D eigenvalue weighted by Gasteiger charge is -1.98. The van der Waals surface area contributed by atoms with Crippen molar-refractivity contribution in [3.8, 4) is 0 Å². The Hall–Kier alpha value is -2.32. The van der Waals surface area contributed by atoms with Gasteiger partial charge < -0.3 is 4.74 Å². The van der Waals surface area contributed by atoms with Crippen LogP contribution in [0.5, 0.6) is 0 Å². The molecule has 0 aliphatic carbocycles. The SMILES string of the molecule is Cc1cc(=O)n2nc(COC(=O)/C=C/c3cccc(Br)c3)sc2n1. The number of hydrogen-bond acceptors (Lipinski definition) is 6. The van der Waals surface area contributed by atoms with Crippen molar-refractivity contribution in [2.75, 3.05) is 0 Å². The summed E-state index contributed by atoms with van der Waals surface area (Å²) >= 11 is 4.58. The lowest BCUT2D eigenvalue weighted by Crippen LogP contribution is -2.14. The number of carbonyl (C=O) groups is 1. The number of nitrogens with zero attached hydrogens (tertiary/aromatic N) is 3. The molecule has 0 unspecified atom stereocenters. The molecule has 0 spiro atoms. The number of fused-ring (bicyclic) bond motifs is 1. The van der Waals surface area contributed by atoms with Crippen molar-refractivity contribution in [2.24, 2.45) is 0 Å². The maximum Gasteiger partial charge on any atom is 0.331 e. The van der Waals surface area contributed by atoms with E-state index in [1.165, 1.54) is 28.0 Å². The molecular formula is C16H12BrN3O3S. The third-order valence-electron chi connectivity index (χ3n) is 3.01. The van der Waals surface area contributed by atoms with Crippen molar-refractivity contribution in [1.29, 1.82) is 0 Å². The largest absolute Gasteiger partial charge is 0.455 e. The van der Waals surface area contributed by atoms with Gasteiger partial charge >= 0.3 is 5.97 Å². The number of benzene rings is 1. The first-order chi connectivity index (χ1) is 11.5. The molecule has 0 saturated carbocycles. The van der Waals surface area contributed by atoms with Crippen LogP contribution in [0.4, 0.5) is 0 Å². The predicted molar refractivity (Wildman–Crippen MR) is 94.8 cm³/mol. The quantitative estimate of drug-likeness (QED) is 0.492. The predicted octanol–water partition coefficient (Wildman–Crippen LogP) is 2.98. The Morgan fingerprint density at radius 1 is 1.42 bits per heavy atom. The summed E-state index contributed by atoms with van der Waals surface area (Å²) in [5, 5.41) is 4.62. The molecule has 8 heteroatoms. The Labute approximate surface area is 149 Å². The molecule has 0 fully saturated rings. The van der Waals surface area contributed by atoms with Gasteiger partial charge in [0.25, 0.3) is 5.56 Å². The molecule has 6 nitrogen and oxygen atoms in total. The molecule has 2 heterocycles. The molecule has 122 valence electrons. The summed E-state index contributed by atoms with van der Waals surface area (Å²) in [5.41, 5.74) is 1.26. The van der Waals surface area contributed by atoms with Crippen molar-refractivity contribution in [1.82, 2.24) is 14.6 Å². The monoisotopic (exact) mass is 405 g/mol. The van der Waals surface area contributed by atoms with E-state index >= 15 is 0 Å². The average molecular weight is 406 g/mol. The first-order valence-electron chi connectivity index (χ1n) is 6.98. The molecule has 0 aliphatic rings. The maximum atomic E-state index is 11.8. The van der Waals surface area contributed by atoms with E-state index in [4.69, 9.17) is 4.74 Å². The minimum absolute atomic E-state index is 0.00578. The molecule has 3 rings (SSSR count). The molecule has 0 atom stereocenters. The van der Waals surface area contributed by atoms with E-state index in [1.807, 2.05) is 24.3 Å². The summed E-state index contributed by atoms with van der Waals surface area (Å²) in [7, 11) is 0. The van der Waals surface area contributed by atoms with E-state index in [9.17, 15) is 9.59 Å². The summed E-state index contributed by atoms with van der Waals surface area (Å²) in [6, 6.07) is 8.95. The van der Waals surface area contributed by atoms with Gasteiger partial charge in [0, 0.05) is 22.3 Å². The third kappa shape index (κ3) is 3.95. The van der Waals surface area contributed by atoms with Gasteiger partial charge in [-0.15, -0.1) is 0 Å². The number of aryl methyl sites for hydroxylation is 1. The minimum atomic E-state index is -0.481. The van der Waals surface area contributed by atoms with E-state index in [0.29, 0.717) is 15.7 Å². The van der Waals surface area contributed by atoms with Crippen LogP contribution in [0.2, 0.25) is 0 Å². The van der Waals surface area contributed by atoms with Gasteiger partial charge in [-0.25, -0.2) is 9.78 Å². The lowest BCUT2D eigenvalue weighted by molar-refractivity contribution is -0.138. The van der Waals surface area contributed by atoms with Gasteiger partial charge in [0.05, 0.1) is 0 Å². The van der Waals surface area contributed by atoms with Crippen molar-refractivity contribution in [2.45, 2.75) is 13.5 Å². The van der Waals surface area contributed by atoms with E-state index in [-0.39, 0.29) is 12.2 Å². The fraction of sp³-hybridized carbons (Fsp3) is 0.125. The first kappa shape index (κ1) is 16.5. The van der Waals surface area contributed by atoms with Crippen LogP contribution in [-0.2, 0) is 16.1 Å². The van der Waals surface area contributed by atoms with Crippen molar-refractivity contribution >= 4 is 44.3 Å². The second-order valence-electron chi connectivity index (χ2n) is 4.92. The average Bonchev–Trinajstić information content (AvgIpc) is 2.94. The Kier molecular flexibility index (Phi) is 4.86. The van der Waals surface area contributed by atoms with Crippen molar-refractivity contribution in [3.05, 3.63) is 67.5 Å². The highest BCUT2D eigenvalue weighted by Crippen LogP contribution is 2.14.